The van der Waals surface area contributed by atoms with E-state index in [9.17, 15) is 4.79 Å². The van der Waals surface area contributed by atoms with E-state index in [1.165, 1.54) is 0 Å². The molecule has 0 radical (unpaired) electrons. The zero-order valence-corrected chi connectivity index (χ0v) is 11.4. The molecular formula is C14H18N4O. The summed E-state index contributed by atoms with van der Waals surface area (Å²) < 4.78 is 1.71. The molecule has 0 aliphatic carbocycles. The molecule has 0 spiro atoms. The minimum Gasteiger partial charge on any atom is -0.387 e. The van der Waals surface area contributed by atoms with Crippen LogP contribution in [0, 0.1) is 6.92 Å². The highest BCUT2D eigenvalue weighted by Gasteiger charge is 2.10. The summed E-state index contributed by atoms with van der Waals surface area (Å²) in [7, 11) is 3.66. The van der Waals surface area contributed by atoms with E-state index < -0.39 is 0 Å². The molecule has 5 nitrogen and oxygen atoms in total. The van der Waals surface area contributed by atoms with Crippen molar-refractivity contribution >= 4 is 11.6 Å². The summed E-state index contributed by atoms with van der Waals surface area (Å²) in [4.78, 5) is 12.1. The first-order valence-electron chi connectivity index (χ1n) is 6.15. The zero-order valence-electron chi connectivity index (χ0n) is 11.4. The molecule has 0 saturated heterocycles. The van der Waals surface area contributed by atoms with Gasteiger partial charge in [0.05, 0.1) is 17.8 Å². The number of nitrogens with zero attached hydrogens (tertiary/aromatic N) is 2. The van der Waals surface area contributed by atoms with E-state index in [1.807, 2.05) is 51.5 Å². The lowest BCUT2D eigenvalue weighted by Gasteiger charge is -2.10. The first-order chi connectivity index (χ1) is 9.10. The summed E-state index contributed by atoms with van der Waals surface area (Å²) in [6.07, 6.45) is 1.85. The number of hydrogen-bond donors (Lipinski definition) is 2. The fourth-order valence-corrected chi connectivity index (χ4v) is 1.89. The molecule has 0 unspecified atom stereocenters. The predicted octanol–water partition coefficient (Wildman–Crippen LogP) is 1.70. The van der Waals surface area contributed by atoms with Crippen LogP contribution >= 0.6 is 0 Å². The quantitative estimate of drug-likeness (QED) is 0.877. The van der Waals surface area contributed by atoms with Crippen LogP contribution in [0.2, 0.25) is 0 Å². The molecule has 100 valence electrons. The van der Waals surface area contributed by atoms with Crippen LogP contribution in [0.15, 0.2) is 30.5 Å². The van der Waals surface area contributed by atoms with E-state index in [0.29, 0.717) is 12.1 Å². The van der Waals surface area contributed by atoms with E-state index in [2.05, 4.69) is 15.7 Å². The Hall–Kier alpha value is -2.30. The van der Waals surface area contributed by atoms with Gasteiger partial charge < -0.3 is 10.6 Å². The van der Waals surface area contributed by atoms with Gasteiger partial charge in [-0.15, -0.1) is 0 Å². The Balaban J connectivity index is 2.07. The van der Waals surface area contributed by atoms with Gasteiger partial charge in [-0.2, -0.15) is 5.10 Å². The zero-order chi connectivity index (χ0) is 13.8. The normalized spacial score (nSPS) is 10.3. The fourth-order valence-electron chi connectivity index (χ4n) is 1.89. The third-order valence-electron chi connectivity index (χ3n) is 2.89. The van der Waals surface area contributed by atoms with Crippen LogP contribution in [0.5, 0.6) is 0 Å². The summed E-state index contributed by atoms with van der Waals surface area (Å²) in [5, 5.41) is 10.1. The van der Waals surface area contributed by atoms with Gasteiger partial charge in [0.2, 0.25) is 0 Å². The van der Waals surface area contributed by atoms with Crippen molar-refractivity contribution in [2.75, 3.05) is 12.4 Å². The Kier molecular flexibility index (Phi) is 3.85. The van der Waals surface area contributed by atoms with Crippen molar-refractivity contribution in [1.82, 2.24) is 15.1 Å². The van der Waals surface area contributed by atoms with Crippen LogP contribution in [-0.2, 0) is 13.6 Å². The fraction of sp³-hybridized carbons (Fsp3) is 0.286. The smallest absolute Gasteiger partial charge is 0.253 e. The van der Waals surface area contributed by atoms with Crippen molar-refractivity contribution in [3.8, 4) is 0 Å². The number of nitrogens with one attached hydrogen (secondary N) is 2. The molecule has 5 heteroatoms. The molecule has 19 heavy (non-hydrogen) atoms. The molecule has 0 aliphatic rings. The summed E-state index contributed by atoms with van der Waals surface area (Å²) in [5.41, 5.74) is 3.43. The van der Waals surface area contributed by atoms with Gasteiger partial charge in [-0.3, -0.25) is 9.48 Å². The molecule has 0 fully saturated rings. The third-order valence-corrected chi connectivity index (χ3v) is 2.89. The van der Waals surface area contributed by atoms with Crippen LogP contribution in [0.25, 0.3) is 0 Å². The van der Waals surface area contributed by atoms with Crippen molar-refractivity contribution in [2.24, 2.45) is 7.05 Å². The Morgan fingerprint density at radius 3 is 2.79 bits per heavy atom. The number of aryl methyl sites for hydroxylation is 2. The van der Waals surface area contributed by atoms with Gasteiger partial charge in [-0.1, -0.05) is 6.07 Å². The molecule has 0 saturated carbocycles. The molecule has 0 atom stereocenters. The van der Waals surface area contributed by atoms with Crippen LogP contribution in [-0.4, -0.2) is 22.7 Å². The van der Waals surface area contributed by atoms with E-state index >= 15 is 0 Å². The first kappa shape index (κ1) is 13.1. The van der Waals surface area contributed by atoms with Crippen LogP contribution in [0.4, 0.5) is 5.69 Å². The minimum atomic E-state index is -0.102. The number of amides is 1. The molecule has 2 aromatic rings. The molecule has 2 rings (SSSR count). The molecule has 2 N–H and O–H groups in total. The lowest BCUT2D eigenvalue weighted by Crippen LogP contribution is -2.24. The first-order valence-corrected chi connectivity index (χ1v) is 6.15. The number of carbonyl (C=O) groups is 1. The summed E-state index contributed by atoms with van der Waals surface area (Å²) in [6.45, 7) is 2.42. The highest BCUT2D eigenvalue weighted by molar-refractivity contribution is 5.99. The molecule has 0 bridgehead atoms. The van der Waals surface area contributed by atoms with Gasteiger partial charge in [-0.05, 0) is 30.7 Å². The monoisotopic (exact) mass is 258 g/mol. The number of carbonyl (C=O) groups excluding carboxylic acids is 1. The van der Waals surface area contributed by atoms with Gasteiger partial charge in [0.1, 0.15) is 0 Å². The Morgan fingerprint density at radius 2 is 2.16 bits per heavy atom. The predicted molar refractivity (Wildman–Crippen MR) is 75.1 cm³/mol. The number of benzene rings is 1. The topological polar surface area (TPSA) is 59.0 Å². The lowest BCUT2D eigenvalue weighted by atomic mass is 10.1. The maximum Gasteiger partial charge on any atom is 0.253 e. The summed E-state index contributed by atoms with van der Waals surface area (Å²) in [5.74, 6) is -0.102. The average molecular weight is 258 g/mol. The van der Waals surface area contributed by atoms with Gasteiger partial charge in [0, 0.05) is 26.0 Å². The highest BCUT2D eigenvalue weighted by Crippen LogP contribution is 2.16. The highest BCUT2D eigenvalue weighted by atomic mass is 16.1. The van der Waals surface area contributed by atoms with Gasteiger partial charge in [-0.25, -0.2) is 0 Å². The van der Waals surface area contributed by atoms with Crippen LogP contribution < -0.4 is 10.6 Å². The number of hydrogen-bond acceptors (Lipinski definition) is 3. The molecule has 1 heterocycles. The Morgan fingerprint density at radius 1 is 1.37 bits per heavy atom. The van der Waals surface area contributed by atoms with E-state index in [1.54, 1.807) is 4.68 Å². The summed E-state index contributed by atoms with van der Waals surface area (Å²) in [6, 6.07) is 7.59. The maximum absolute atomic E-state index is 12.1. The summed E-state index contributed by atoms with van der Waals surface area (Å²) >= 11 is 0. The van der Waals surface area contributed by atoms with Crippen molar-refractivity contribution < 1.29 is 4.79 Å². The van der Waals surface area contributed by atoms with Crippen LogP contribution in [0.3, 0.4) is 0 Å². The average Bonchev–Trinajstić information content (AvgIpc) is 2.81. The van der Waals surface area contributed by atoms with E-state index in [4.69, 9.17) is 0 Å². The molecule has 1 amide bonds. The van der Waals surface area contributed by atoms with Crippen molar-refractivity contribution in [3.05, 3.63) is 47.3 Å². The Bertz CT molecular complexity index is 589. The largest absolute Gasteiger partial charge is 0.387 e. The second-order valence-electron chi connectivity index (χ2n) is 4.46. The number of aromatic nitrogens is 2. The number of rotatable bonds is 4. The molecule has 0 aliphatic heterocycles. The SMILES string of the molecule is CNc1cc(C)ccc1C(=O)NCc1ccn(C)n1. The van der Waals surface area contributed by atoms with Crippen molar-refractivity contribution in [3.63, 3.8) is 0 Å². The minimum absolute atomic E-state index is 0.102. The van der Waals surface area contributed by atoms with Gasteiger partial charge in [0.15, 0.2) is 0 Å². The maximum atomic E-state index is 12.1. The second-order valence-corrected chi connectivity index (χ2v) is 4.46. The van der Waals surface area contributed by atoms with Crippen LogP contribution in [0.1, 0.15) is 21.6 Å². The van der Waals surface area contributed by atoms with E-state index in [-0.39, 0.29) is 5.91 Å². The van der Waals surface area contributed by atoms with Crippen molar-refractivity contribution in [1.29, 1.82) is 0 Å². The van der Waals surface area contributed by atoms with Crippen molar-refractivity contribution in [2.45, 2.75) is 13.5 Å². The van der Waals surface area contributed by atoms with Gasteiger partial charge in [0.25, 0.3) is 5.91 Å². The standard InChI is InChI=1S/C14H18N4O/c1-10-4-5-12(13(8-10)15-2)14(19)16-9-11-6-7-18(3)17-11/h4-8,15H,9H2,1-3H3,(H,16,19). The Labute approximate surface area is 112 Å². The molecule has 1 aromatic carbocycles. The number of anilines is 1. The van der Waals surface area contributed by atoms with E-state index in [0.717, 1.165) is 16.9 Å². The van der Waals surface area contributed by atoms with Gasteiger partial charge >= 0.3 is 0 Å². The lowest BCUT2D eigenvalue weighted by molar-refractivity contribution is 0.0951. The second kappa shape index (κ2) is 5.56. The molecule has 1 aromatic heterocycles. The third kappa shape index (κ3) is 3.13. The molecular weight excluding hydrogens is 240 g/mol.